The smallest absolute Gasteiger partial charge is 0.407 e. The fourth-order valence-corrected chi connectivity index (χ4v) is 2.59. The van der Waals surface area contributed by atoms with Crippen molar-refractivity contribution in [2.75, 3.05) is 6.54 Å². The molecular formula is C22H28N2O4. The molecule has 150 valence electrons. The van der Waals surface area contributed by atoms with Crippen LogP contribution in [0.5, 0.6) is 0 Å². The molecule has 1 atom stereocenters. The van der Waals surface area contributed by atoms with Gasteiger partial charge in [0, 0.05) is 12.6 Å². The first kappa shape index (κ1) is 21.3. The Morgan fingerprint density at radius 3 is 1.93 bits per heavy atom. The van der Waals surface area contributed by atoms with Crippen molar-refractivity contribution in [3.63, 3.8) is 0 Å². The maximum Gasteiger partial charge on any atom is 0.407 e. The highest BCUT2D eigenvalue weighted by Crippen LogP contribution is 2.04. The average molecular weight is 384 g/mol. The molecule has 2 N–H and O–H groups in total. The molecular weight excluding hydrogens is 356 g/mol. The third-order valence-electron chi connectivity index (χ3n) is 4.15. The van der Waals surface area contributed by atoms with Gasteiger partial charge in [0.15, 0.2) is 0 Å². The van der Waals surface area contributed by atoms with E-state index in [2.05, 4.69) is 17.6 Å². The molecule has 0 fully saturated rings. The lowest BCUT2D eigenvalue weighted by molar-refractivity contribution is 0.129. The zero-order valence-electron chi connectivity index (χ0n) is 16.2. The molecule has 0 bridgehead atoms. The van der Waals surface area contributed by atoms with Crippen molar-refractivity contribution in [3.8, 4) is 0 Å². The Bertz CT molecular complexity index is 707. The van der Waals surface area contributed by atoms with Gasteiger partial charge in [0.2, 0.25) is 0 Å². The third-order valence-corrected chi connectivity index (χ3v) is 4.15. The minimum absolute atomic E-state index is 0.207. The van der Waals surface area contributed by atoms with E-state index >= 15 is 0 Å². The minimum Gasteiger partial charge on any atom is -0.445 e. The Balaban J connectivity index is 1.73. The summed E-state index contributed by atoms with van der Waals surface area (Å²) in [6.07, 6.45) is 1.67. The second-order valence-corrected chi connectivity index (χ2v) is 6.49. The summed E-state index contributed by atoms with van der Waals surface area (Å²) in [5.74, 6) is 0. The lowest BCUT2D eigenvalue weighted by Gasteiger charge is -2.19. The van der Waals surface area contributed by atoms with Crippen LogP contribution in [0.15, 0.2) is 60.7 Å². The third kappa shape index (κ3) is 8.58. The molecule has 2 aromatic rings. The monoisotopic (exact) mass is 384 g/mol. The van der Waals surface area contributed by atoms with Crippen LogP contribution in [0.4, 0.5) is 9.59 Å². The zero-order valence-corrected chi connectivity index (χ0v) is 16.2. The van der Waals surface area contributed by atoms with Gasteiger partial charge in [-0.25, -0.2) is 9.59 Å². The first-order valence-corrected chi connectivity index (χ1v) is 9.59. The van der Waals surface area contributed by atoms with E-state index in [0.29, 0.717) is 0 Å². The fraction of sp³-hybridized carbons (Fsp3) is 0.364. The highest BCUT2D eigenvalue weighted by atomic mass is 16.6. The quantitative estimate of drug-likeness (QED) is 0.637. The molecule has 6 nitrogen and oxygen atoms in total. The Morgan fingerprint density at radius 1 is 0.857 bits per heavy atom. The number of ether oxygens (including phenoxy) is 2. The van der Waals surface area contributed by atoms with E-state index in [1.54, 1.807) is 0 Å². The summed E-state index contributed by atoms with van der Waals surface area (Å²) in [6.45, 7) is 2.78. The maximum atomic E-state index is 12.1. The molecule has 0 aliphatic carbocycles. The number of benzene rings is 2. The zero-order chi connectivity index (χ0) is 20.0. The summed E-state index contributed by atoms with van der Waals surface area (Å²) in [6, 6.07) is 18.7. The van der Waals surface area contributed by atoms with E-state index < -0.39 is 12.2 Å². The number of hydrogen-bond donors (Lipinski definition) is 2. The van der Waals surface area contributed by atoms with Crippen LogP contribution in [0.25, 0.3) is 0 Å². The minimum atomic E-state index is -0.509. The highest BCUT2D eigenvalue weighted by Gasteiger charge is 2.15. The van der Waals surface area contributed by atoms with Crippen LogP contribution in [0.2, 0.25) is 0 Å². The summed E-state index contributed by atoms with van der Waals surface area (Å²) >= 11 is 0. The molecule has 1 unspecified atom stereocenters. The summed E-state index contributed by atoms with van der Waals surface area (Å²) in [5, 5.41) is 5.53. The van der Waals surface area contributed by atoms with Gasteiger partial charge in [-0.15, -0.1) is 0 Å². The molecule has 0 heterocycles. The normalized spacial score (nSPS) is 11.3. The van der Waals surface area contributed by atoms with Gasteiger partial charge in [-0.2, -0.15) is 0 Å². The molecule has 0 aromatic heterocycles. The van der Waals surface area contributed by atoms with Crippen molar-refractivity contribution in [3.05, 3.63) is 71.8 Å². The van der Waals surface area contributed by atoms with Crippen LogP contribution < -0.4 is 10.6 Å². The van der Waals surface area contributed by atoms with Crippen molar-refractivity contribution in [2.45, 2.75) is 45.4 Å². The van der Waals surface area contributed by atoms with E-state index in [1.165, 1.54) is 0 Å². The molecule has 6 heteroatoms. The van der Waals surface area contributed by atoms with Crippen molar-refractivity contribution >= 4 is 12.2 Å². The number of rotatable bonds is 10. The van der Waals surface area contributed by atoms with E-state index in [9.17, 15) is 9.59 Å². The molecule has 2 rings (SSSR count). The SMILES string of the molecule is CCCCC(CNC(=O)OCc1ccccc1)NC(=O)OCc1ccccc1. The van der Waals surface area contributed by atoms with Gasteiger partial charge in [0.05, 0.1) is 0 Å². The average Bonchev–Trinajstić information content (AvgIpc) is 2.74. The molecule has 0 aliphatic heterocycles. The van der Waals surface area contributed by atoms with Crippen LogP contribution in [-0.2, 0) is 22.7 Å². The van der Waals surface area contributed by atoms with Crippen molar-refractivity contribution in [2.24, 2.45) is 0 Å². The lowest BCUT2D eigenvalue weighted by atomic mass is 10.1. The van der Waals surface area contributed by atoms with Gasteiger partial charge >= 0.3 is 12.2 Å². The van der Waals surface area contributed by atoms with Gasteiger partial charge in [0.25, 0.3) is 0 Å². The number of amides is 2. The van der Waals surface area contributed by atoms with Crippen LogP contribution in [0.1, 0.15) is 37.3 Å². The molecule has 2 amide bonds. The van der Waals surface area contributed by atoms with Gasteiger partial charge < -0.3 is 20.1 Å². The predicted octanol–water partition coefficient (Wildman–Crippen LogP) is 4.40. The number of carbonyl (C=O) groups excluding carboxylic acids is 2. The Kier molecular flexibility index (Phi) is 9.41. The molecule has 2 aromatic carbocycles. The van der Waals surface area contributed by atoms with Crippen LogP contribution in [0, 0.1) is 0 Å². The molecule has 0 radical (unpaired) electrons. The molecule has 0 saturated heterocycles. The second-order valence-electron chi connectivity index (χ2n) is 6.49. The van der Waals surface area contributed by atoms with E-state index in [4.69, 9.17) is 9.47 Å². The van der Waals surface area contributed by atoms with E-state index in [1.807, 2.05) is 60.7 Å². The summed E-state index contributed by atoms with van der Waals surface area (Å²) in [4.78, 5) is 24.0. The van der Waals surface area contributed by atoms with E-state index in [0.717, 1.165) is 30.4 Å². The fourth-order valence-electron chi connectivity index (χ4n) is 2.59. The first-order chi connectivity index (χ1) is 13.7. The Morgan fingerprint density at radius 2 is 1.39 bits per heavy atom. The van der Waals surface area contributed by atoms with Gasteiger partial charge in [-0.1, -0.05) is 80.4 Å². The summed E-state index contributed by atoms with van der Waals surface area (Å²) in [5.41, 5.74) is 1.84. The Hall–Kier alpha value is -3.02. The summed E-state index contributed by atoms with van der Waals surface area (Å²) in [7, 11) is 0. The number of carbonyl (C=O) groups is 2. The van der Waals surface area contributed by atoms with Gasteiger partial charge in [0.1, 0.15) is 13.2 Å². The predicted molar refractivity (Wildman–Crippen MR) is 108 cm³/mol. The van der Waals surface area contributed by atoms with Crippen LogP contribution in [-0.4, -0.2) is 24.8 Å². The van der Waals surface area contributed by atoms with Crippen LogP contribution in [0.3, 0.4) is 0 Å². The van der Waals surface area contributed by atoms with Crippen molar-refractivity contribution < 1.29 is 19.1 Å². The standard InChI is InChI=1S/C22H28N2O4/c1-2-3-14-20(24-22(26)28-17-19-12-8-5-9-13-19)15-23-21(25)27-16-18-10-6-4-7-11-18/h4-13,20H,2-3,14-17H2,1H3,(H,23,25)(H,24,26). The first-order valence-electron chi connectivity index (χ1n) is 9.59. The van der Waals surface area contributed by atoms with Gasteiger partial charge in [-0.3, -0.25) is 0 Å². The molecule has 28 heavy (non-hydrogen) atoms. The summed E-state index contributed by atoms with van der Waals surface area (Å²) < 4.78 is 10.5. The number of hydrogen-bond acceptors (Lipinski definition) is 4. The molecule has 0 spiro atoms. The van der Waals surface area contributed by atoms with Crippen molar-refractivity contribution in [1.82, 2.24) is 10.6 Å². The van der Waals surface area contributed by atoms with Gasteiger partial charge in [-0.05, 0) is 17.5 Å². The highest BCUT2D eigenvalue weighted by molar-refractivity contribution is 5.69. The molecule has 0 aliphatic rings. The maximum absolute atomic E-state index is 12.1. The Labute approximate surface area is 166 Å². The topological polar surface area (TPSA) is 76.7 Å². The lowest BCUT2D eigenvalue weighted by Crippen LogP contribution is -2.44. The van der Waals surface area contributed by atoms with Crippen molar-refractivity contribution in [1.29, 1.82) is 0 Å². The number of alkyl carbamates (subject to hydrolysis) is 2. The van der Waals surface area contributed by atoms with E-state index in [-0.39, 0.29) is 25.8 Å². The second kappa shape index (κ2) is 12.4. The number of nitrogens with one attached hydrogen (secondary N) is 2. The largest absolute Gasteiger partial charge is 0.445 e. The molecule has 0 saturated carbocycles. The number of unbranched alkanes of at least 4 members (excludes halogenated alkanes) is 1. The van der Waals surface area contributed by atoms with Crippen LogP contribution >= 0.6 is 0 Å².